The Morgan fingerprint density at radius 1 is 1.35 bits per heavy atom. The van der Waals surface area contributed by atoms with Crippen molar-refractivity contribution in [3.05, 3.63) is 24.3 Å². The number of hydrogen-bond acceptors (Lipinski definition) is 5. The summed E-state index contributed by atoms with van der Waals surface area (Å²) in [5.74, 6) is -0.468. The first-order valence-corrected chi connectivity index (χ1v) is 6.36. The summed E-state index contributed by atoms with van der Waals surface area (Å²) in [6.45, 7) is -0.000612. The fraction of sp³-hybridized carbons (Fsp3) is 0.300. The van der Waals surface area contributed by atoms with E-state index in [2.05, 4.69) is 9.46 Å². The summed E-state index contributed by atoms with van der Waals surface area (Å²) in [7, 11) is -2.35. The van der Waals surface area contributed by atoms with Gasteiger partial charge in [-0.1, -0.05) is 0 Å². The van der Waals surface area contributed by atoms with Crippen LogP contribution in [-0.2, 0) is 19.6 Å². The molecule has 17 heavy (non-hydrogen) atoms. The highest BCUT2D eigenvalue weighted by Gasteiger charge is 2.13. The molecule has 0 aliphatic rings. The summed E-state index contributed by atoms with van der Waals surface area (Å²) >= 11 is 0. The summed E-state index contributed by atoms with van der Waals surface area (Å²) in [6.07, 6.45) is -0.00922. The molecule has 1 aromatic rings. The Labute approximate surface area is 99.8 Å². The van der Waals surface area contributed by atoms with Gasteiger partial charge in [0, 0.05) is 12.2 Å². The minimum Gasteiger partial charge on any atom is -0.469 e. The first-order valence-electron chi connectivity index (χ1n) is 4.88. The van der Waals surface area contributed by atoms with Crippen molar-refractivity contribution in [2.24, 2.45) is 0 Å². The second-order valence-corrected chi connectivity index (χ2v) is 5.06. The molecule has 0 bridgehead atoms. The zero-order valence-corrected chi connectivity index (χ0v) is 10.2. The van der Waals surface area contributed by atoms with Gasteiger partial charge in [0.25, 0.3) is 0 Å². The van der Waals surface area contributed by atoms with Crippen LogP contribution >= 0.6 is 0 Å². The van der Waals surface area contributed by atoms with Gasteiger partial charge in [-0.05, 0) is 24.3 Å². The average molecular weight is 258 g/mol. The van der Waals surface area contributed by atoms with Crippen molar-refractivity contribution in [1.82, 2.24) is 4.72 Å². The molecular weight excluding hydrogens is 244 g/mol. The lowest BCUT2D eigenvalue weighted by Gasteiger charge is -2.06. The third-order valence-corrected chi connectivity index (χ3v) is 3.52. The molecule has 7 heteroatoms. The van der Waals surface area contributed by atoms with E-state index < -0.39 is 16.0 Å². The molecule has 6 nitrogen and oxygen atoms in total. The Balaban J connectivity index is 2.63. The molecule has 1 rings (SSSR count). The highest BCUT2D eigenvalue weighted by Crippen LogP contribution is 2.11. The highest BCUT2D eigenvalue weighted by molar-refractivity contribution is 7.89. The number of ether oxygens (including phenoxy) is 1. The van der Waals surface area contributed by atoms with E-state index in [0.29, 0.717) is 5.69 Å². The molecule has 0 unspecified atom stereocenters. The number of hydrogen-bond donors (Lipinski definition) is 2. The van der Waals surface area contributed by atoms with Gasteiger partial charge in [0.2, 0.25) is 10.0 Å². The van der Waals surface area contributed by atoms with Gasteiger partial charge in [0.1, 0.15) is 0 Å². The topological polar surface area (TPSA) is 98.5 Å². The number of benzene rings is 1. The van der Waals surface area contributed by atoms with Crippen LogP contribution in [0.5, 0.6) is 0 Å². The Morgan fingerprint density at radius 2 is 1.94 bits per heavy atom. The normalized spacial score (nSPS) is 11.1. The molecular formula is C10H14N2O4S. The SMILES string of the molecule is COC(=O)CCNS(=O)(=O)c1ccc(N)cc1. The molecule has 0 aliphatic heterocycles. The quantitative estimate of drug-likeness (QED) is 0.577. The molecule has 0 heterocycles. The Kier molecular flexibility index (Phi) is 4.47. The van der Waals surface area contributed by atoms with Crippen molar-refractivity contribution in [3.63, 3.8) is 0 Å². The fourth-order valence-corrected chi connectivity index (χ4v) is 2.15. The van der Waals surface area contributed by atoms with Crippen LogP contribution in [0.1, 0.15) is 6.42 Å². The summed E-state index contributed by atoms with van der Waals surface area (Å²) in [4.78, 5) is 10.9. The lowest BCUT2D eigenvalue weighted by atomic mass is 10.3. The van der Waals surface area contributed by atoms with Crippen LogP contribution in [0.25, 0.3) is 0 Å². The number of methoxy groups -OCH3 is 1. The number of nitrogens with one attached hydrogen (secondary N) is 1. The predicted molar refractivity (Wildman–Crippen MR) is 62.7 cm³/mol. The maximum atomic E-state index is 11.7. The van der Waals surface area contributed by atoms with Crippen LogP contribution in [0.15, 0.2) is 29.2 Å². The standard InChI is InChI=1S/C10H14N2O4S/c1-16-10(13)6-7-12-17(14,15)9-4-2-8(11)3-5-9/h2-5,12H,6-7,11H2,1H3. The second-order valence-electron chi connectivity index (χ2n) is 3.29. The summed E-state index contributed by atoms with van der Waals surface area (Å²) in [6, 6.07) is 5.79. The summed E-state index contributed by atoms with van der Waals surface area (Å²) in [5, 5.41) is 0. The minimum absolute atomic E-state index is 0.000612. The van der Waals surface area contributed by atoms with E-state index in [1.54, 1.807) is 0 Å². The third-order valence-electron chi connectivity index (χ3n) is 2.04. The van der Waals surface area contributed by atoms with Gasteiger partial charge in [-0.25, -0.2) is 13.1 Å². The van der Waals surface area contributed by atoms with E-state index in [0.717, 1.165) is 0 Å². The minimum atomic E-state index is -3.59. The first kappa shape index (κ1) is 13.5. The number of esters is 1. The lowest BCUT2D eigenvalue weighted by Crippen LogP contribution is -2.26. The first-order chi connectivity index (χ1) is 7.95. The molecule has 0 radical (unpaired) electrons. The highest BCUT2D eigenvalue weighted by atomic mass is 32.2. The van der Waals surface area contributed by atoms with Gasteiger partial charge < -0.3 is 10.5 Å². The number of nitrogens with two attached hydrogens (primary N) is 1. The van der Waals surface area contributed by atoms with E-state index in [1.807, 2.05) is 0 Å². The predicted octanol–water partition coefficient (Wildman–Crippen LogP) is 0.110. The molecule has 0 saturated heterocycles. The van der Waals surface area contributed by atoms with Gasteiger partial charge >= 0.3 is 5.97 Å². The molecule has 0 spiro atoms. The number of carbonyl (C=O) groups excluding carboxylic acids is 1. The zero-order valence-electron chi connectivity index (χ0n) is 9.34. The maximum absolute atomic E-state index is 11.7. The van der Waals surface area contributed by atoms with E-state index >= 15 is 0 Å². The van der Waals surface area contributed by atoms with Crippen LogP contribution in [0, 0.1) is 0 Å². The van der Waals surface area contributed by atoms with Crippen LogP contribution in [-0.4, -0.2) is 28.0 Å². The van der Waals surface area contributed by atoms with E-state index in [-0.39, 0.29) is 17.9 Å². The van der Waals surface area contributed by atoms with Gasteiger partial charge in [-0.2, -0.15) is 0 Å². The fourth-order valence-electron chi connectivity index (χ4n) is 1.12. The molecule has 3 N–H and O–H groups in total. The number of sulfonamides is 1. The van der Waals surface area contributed by atoms with Crippen LogP contribution in [0.2, 0.25) is 0 Å². The van der Waals surface area contributed by atoms with Crippen LogP contribution in [0.4, 0.5) is 5.69 Å². The van der Waals surface area contributed by atoms with Crippen molar-refractivity contribution in [2.75, 3.05) is 19.4 Å². The van der Waals surface area contributed by atoms with Gasteiger partial charge in [0.15, 0.2) is 0 Å². The molecule has 0 aliphatic carbocycles. The van der Waals surface area contributed by atoms with Crippen molar-refractivity contribution >= 4 is 21.7 Å². The van der Waals surface area contributed by atoms with Crippen molar-refractivity contribution < 1.29 is 17.9 Å². The Bertz CT molecular complexity index is 482. The lowest BCUT2D eigenvalue weighted by molar-refractivity contribution is -0.140. The second kappa shape index (κ2) is 5.65. The third kappa shape index (κ3) is 4.04. The molecule has 0 fully saturated rings. The Hall–Kier alpha value is -1.60. The van der Waals surface area contributed by atoms with Crippen molar-refractivity contribution in [3.8, 4) is 0 Å². The van der Waals surface area contributed by atoms with Crippen molar-refractivity contribution in [1.29, 1.82) is 0 Å². The van der Waals surface area contributed by atoms with E-state index in [9.17, 15) is 13.2 Å². The maximum Gasteiger partial charge on any atom is 0.306 e. The summed E-state index contributed by atoms with van der Waals surface area (Å²) < 4.78 is 30.1. The number of carbonyl (C=O) groups is 1. The monoisotopic (exact) mass is 258 g/mol. The summed E-state index contributed by atoms with van der Waals surface area (Å²) in [5.41, 5.74) is 5.94. The Morgan fingerprint density at radius 3 is 2.47 bits per heavy atom. The molecule has 1 aromatic carbocycles. The molecule has 0 aromatic heterocycles. The molecule has 0 amide bonds. The molecule has 94 valence electrons. The van der Waals surface area contributed by atoms with Crippen LogP contribution < -0.4 is 10.5 Å². The van der Waals surface area contributed by atoms with Gasteiger partial charge in [0.05, 0.1) is 18.4 Å². The number of rotatable bonds is 5. The van der Waals surface area contributed by atoms with Crippen molar-refractivity contribution in [2.45, 2.75) is 11.3 Å². The number of nitrogen functional groups attached to an aromatic ring is 1. The number of anilines is 1. The molecule has 0 saturated carbocycles. The smallest absolute Gasteiger partial charge is 0.306 e. The largest absolute Gasteiger partial charge is 0.469 e. The van der Waals surface area contributed by atoms with Gasteiger partial charge in [-0.15, -0.1) is 0 Å². The van der Waals surface area contributed by atoms with E-state index in [1.165, 1.54) is 31.4 Å². The zero-order chi connectivity index (χ0) is 12.9. The van der Waals surface area contributed by atoms with Crippen LogP contribution in [0.3, 0.4) is 0 Å². The van der Waals surface area contributed by atoms with E-state index in [4.69, 9.17) is 5.73 Å². The average Bonchev–Trinajstić information content (AvgIpc) is 2.29. The van der Waals surface area contributed by atoms with Gasteiger partial charge in [-0.3, -0.25) is 4.79 Å². The molecule has 0 atom stereocenters.